The molecular weight excluding hydrogens is 837 g/mol. The number of aromatic nitrogens is 5. The molecule has 1 aliphatic carbocycles. The van der Waals surface area contributed by atoms with Crippen LogP contribution in [0.1, 0.15) is 22.3 Å². The summed E-state index contributed by atoms with van der Waals surface area (Å²) in [4.78, 5) is 16.6. The van der Waals surface area contributed by atoms with Crippen LogP contribution in [0.5, 0.6) is 0 Å². The molecule has 1 aliphatic heterocycles. The van der Waals surface area contributed by atoms with Crippen molar-refractivity contribution in [2.75, 3.05) is 0 Å². The molecule has 310 valence electrons. The van der Waals surface area contributed by atoms with Crippen LogP contribution in [0.25, 0.3) is 98.7 Å². The van der Waals surface area contributed by atoms with E-state index in [0.717, 1.165) is 72.4 Å². The molecule has 6 nitrogen and oxygen atoms in total. The summed E-state index contributed by atoms with van der Waals surface area (Å²) < 4.78 is 7.15. The highest BCUT2D eigenvalue weighted by Gasteiger charge is 2.52. The van der Waals surface area contributed by atoms with E-state index in [-0.39, 0.29) is 0 Å². The number of para-hydroxylation sites is 4. The van der Waals surface area contributed by atoms with Crippen LogP contribution in [0.3, 0.4) is 0 Å². The minimum Gasteiger partial charge on any atom is -0.309 e. The van der Waals surface area contributed by atoms with E-state index in [1.165, 1.54) is 53.5 Å². The molecular formula is C60H34N6S. The highest BCUT2D eigenvalue weighted by molar-refractivity contribution is 7.99. The fourth-order valence-electron chi connectivity index (χ4n) is 11.7. The summed E-state index contributed by atoms with van der Waals surface area (Å²) in [7, 11) is 0. The maximum atomic E-state index is 7.77. The van der Waals surface area contributed by atoms with E-state index in [0.29, 0.717) is 5.69 Å². The Labute approximate surface area is 388 Å². The van der Waals surface area contributed by atoms with Gasteiger partial charge in [0.05, 0.1) is 68.4 Å². The highest BCUT2D eigenvalue weighted by Crippen LogP contribution is 2.62. The quantitative estimate of drug-likeness (QED) is 0.166. The maximum absolute atomic E-state index is 7.77. The van der Waals surface area contributed by atoms with Gasteiger partial charge in [0.15, 0.2) is 5.69 Å². The fraction of sp³-hybridized carbons (Fsp3) is 0.0167. The zero-order valence-corrected chi connectivity index (χ0v) is 36.5. The molecule has 2 aliphatic rings. The normalized spacial score (nSPS) is 14.9. The van der Waals surface area contributed by atoms with E-state index in [9.17, 15) is 0 Å². The first-order chi connectivity index (χ1) is 33.2. The van der Waals surface area contributed by atoms with E-state index in [1.807, 2.05) is 36.3 Å². The van der Waals surface area contributed by atoms with Gasteiger partial charge in [0.25, 0.3) is 0 Å². The number of fused-ring (bicyclic) bond motifs is 18. The molecule has 5 aromatic heterocycles. The van der Waals surface area contributed by atoms with Gasteiger partial charge in [-0.2, -0.15) is 0 Å². The number of benzene rings is 8. The van der Waals surface area contributed by atoms with Crippen molar-refractivity contribution in [3.8, 4) is 28.5 Å². The summed E-state index contributed by atoms with van der Waals surface area (Å²) in [5.74, 6) is 0. The molecule has 0 amide bonds. The van der Waals surface area contributed by atoms with E-state index < -0.39 is 5.41 Å². The Morgan fingerprint density at radius 1 is 0.388 bits per heavy atom. The van der Waals surface area contributed by atoms with E-state index >= 15 is 0 Å². The first-order valence-corrected chi connectivity index (χ1v) is 23.3. The van der Waals surface area contributed by atoms with Crippen molar-refractivity contribution in [3.63, 3.8) is 0 Å². The third kappa shape index (κ3) is 4.79. The van der Waals surface area contributed by atoms with Gasteiger partial charge in [0.2, 0.25) is 0 Å². The van der Waals surface area contributed by atoms with Crippen molar-refractivity contribution in [2.45, 2.75) is 15.2 Å². The molecule has 0 saturated heterocycles. The average Bonchev–Trinajstić information content (AvgIpc) is 4.10. The molecule has 0 N–H and O–H groups in total. The molecule has 0 fully saturated rings. The molecule has 0 radical (unpaired) electrons. The van der Waals surface area contributed by atoms with Gasteiger partial charge in [0.1, 0.15) is 0 Å². The standard InChI is InChI=1S/C60H34N6S/c1-61-36-24-28-54-44(31-36)42-15-4-10-22-53(42)66(54)39-33-49-59(63-35-39)58-48(18-12-30-62-58)60(49)46-17-6-11-23-56(46)67-57-34-38(25-27-47(57)60)65-52-21-9-5-16-43(52)45-32-37(26-29-55(45)65)64-50-19-7-2-13-40(50)41-14-3-8-20-51(41)64/h2-35H. The van der Waals surface area contributed by atoms with Gasteiger partial charge in [-0.1, -0.05) is 121 Å². The lowest BCUT2D eigenvalue weighted by atomic mass is 9.67. The van der Waals surface area contributed by atoms with Crippen LogP contribution in [-0.2, 0) is 5.41 Å². The van der Waals surface area contributed by atoms with Crippen molar-refractivity contribution >= 4 is 82.9 Å². The Kier molecular flexibility index (Phi) is 7.34. The smallest absolute Gasteiger partial charge is 0.188 e. The summed E-state index contributed by atoms with van der Waals surface area (Å²) in [6, 6.07) is 70.3. The summed E-state index contributed by atoms with van der Waals surface area (Å²) >= 11 is 1.84. The lowest BCUT2D eigenvalue weighted by molar-refractivity contribution is 0.718. The molecule has 67 heavy (non-hydrogen) atoms. The van der Waals surface area contributed by atoms with Crippen molar-refractivity contribution in [2.24, 2.45) is 0 Å². The van der Waals surface area contributed by atoms with Crippen molar-refractivity contribution in [3.05, 3.63) is 240 Å². The first kappa shape index (κ1) is 36.6. The minimum atomic E-state index is -0.689. The summed E-state index contributed by atoms with van der Waals surface area (Å²) in [6.45, 7) is 7.77. The third-order valence-corrected chi connectivity index (χ3v) is 15.5. The molecule has 8 aromatic carbocycles. The second-order valence-electron chi connectivity index (χ2n) is 17.6. The molecule has 7 heteroatoms. The fourth-order valence-corrected chi connectivity index (χ4v) is 13.0. The van der Waals surface area contributed by atoms with Crippen LogP contribution in [0.4, 0.5) is 5.69 Å². The van der Waals surface area contributed by atoms with Gasteiger partial charge in [-0.3, -0.25) is 9.97 Å². The molecule has 1 atom stereocenters. The second kappa shape index (κ2) is 13.4. The lowest BCUT2D eigenvalue weighted by Gasteiger charge is -2.39. The predicted molar refractivity (Wildman–Crippen MR) is 273 cm³/mol. The monoisotopic (exact) mass is 870 g/mol. The average molecular weight is 871 g/mol. The van der Waals surface area contributed by atoms with Gasteiger partial charge in [-0.15, -0.1) is 0 Å². The van der Waals surface area contributed by atoms with Gasteiger partial charge < -0.3 is 13.7 Å². The van der Waals surface area contributed by atoms with Gasteiger partial charge in [0, 0.05) is 59.9 Å². The van der Waals surface area contributed by atoms with Gasteiger partial charge >= 0.3 is 0 Å². The summed E-state index contributed by atoms with van der Waals surface area (Å²) in [5.41, 5.74) is 16.5. The molecule has 6 heterocycles. The predicted octanol–water partition coefficient (Wildman–Crippen LogP) is 15.1. The number of nitrogens with zero attached hydrogens (tertiary/aromatic N) is 6. The van der Waals surface area contributed by atoms with E-state index in [2.05, 4.69) is 201 Å². The van der Waals surface area contributed by atoms with Crippen molar-refractivity contribution in [1.29, 1.82) is 0 Å². The van der Waals surface area contributed by atoms with E-state index in [4.69, 9.17) is 16.5 Å². The van der Waals surface area contributed by atoms with Crippen molar-refractivity contribution < 1.29 is 0 Å². The molecule has 1 unspecified atom stereocenters. The Balaban J connectivity index is 0.958. The Bertz CT molecular complexity index is 4300. The minimum absolute atomic E-state index is 0.625. The zero-order valence-electron chi connectivity index (χ0n) is 35.7. The maximum Gasteiger partial charge on any atom is 0.188 e. The van der Waals surface area contributed by atoms with Crippen LogP contribution >= 0.6 is 11.8 Å². The van der Waals surface area contributed by atoms with Crippen LogP contribution < -0.4 is 0 Å². The second-order valence-corrected chi connectivity index (χ2v) is 18.7. The number of pyridine rings is 2. The summed E-state index contributed by atoms with van der Waals surface area (Å²) in [5, 5.41) is 7.09. The van der Waals surface area contributed by atoms with Crippen LogP contribution in [0.15, 0.2) is 216 Å². The first-order valence-electron chi connectivity index (χ1n) is 22.5. The zero-order chi connectivity index (χ0) is 44.0. The van der Waals surface area contributed by atoms with Gasteiger partial charge in [-0.25, -0.2) is 4.85 Å². The van der Waals surface area contributed by atoms with Crippen LogP contribution in [-0.4, -0.2) is 23.7 Å². The third-order valence-electron chi connectivity index (χ3n) is 14.4. The van der Waals surface area contributed by atoms with Crippen LogP contribution in [0, 0.1) is 6.57 Å². The van der Waals surface area contributed by atoms with Crippen LogP contribution in [0.2, 0.25) is 0 Å². The SMILES string of the molecule is [C-]#[N+]c1ccc2c(c1)c1ccccc1n2-c1cnc2c(c1)C1(c3ccccc3Sc3cc(-n4c5ccccc5c5cc(-n6c7ccccc7c7ccccc76)ccc54)ccc31)c1cccnc1-2. The number of hydrogen-bond donors (Lipinski definition) is 0. The highest BCUT2D eigenvalue weighted by atomic mass is 32.2. The molecule has 0 bridgehead atoms. The molecule has 15 rings (SSSR count). The molecule has 13 aromatic rings. The topological polar surface area (TPSA) is 44.9 Å². The molecule has 0 saturated carbocycles. The number of hydrogen-bond acceptors (Lipinski definition) is 3. The Morgan fingerprint density at radius 3 is 1.58 bits per heavy atom. The lowest BCUT2D eigenvalue weighted by Crippen LogP contribution is -2.32. The largest absolute Gasteiger partial charge is 0.309 e. The Morgan fingerprint density at radius 2 is 0.896 bits per heavy atom. The number of rotatable bonds is 3. The van der Waals surface area contributed by atoms with E-state index in [1.54, 1.807) is 0 Å². The Hall–Kier alpha value is -8.70. The van der Waals surface area contributed by atoms with Gasteiger partial charge in [-0.05, 0) is 107 Å². The molecule has 1 spiro atoms. The summed E-state index contributed by atoms with van der Waals surface area (Å²) in [6.07, 6.45) is 3.88. The van der Waals surface area contributed by atoms with Crippen molar-refractivity contribution in [1.82, 2.24) is 23.7 Å².